The molecule has 2 heterocycles. The summed E-state index contributed by atoms with van der Waals surface area (Å²) in [6, 6.07) is 7.13. The topological polar surface area (TPSA) is 71.8 Å². The van der Waals surface area contributed by atoms with Gasteiger partial charge in [-0.1, -0.05) is 0 Å². The Morgan fingerprint density at radius 3 is 2.42 bits per heavy atom. The van der Waals surface area contributed by atoms with Crippen LogP contribution in [0.1, 0.15) is 35.8 Å². The molecule has 1 aromatic carbocycles. The summed E-state index contributed by atoms with van der Waals surface area (Å²) in [6.45, 7) is 5.76. The number of aryl methyl sites for hydroxylation is 2. The van der Waals surface area contributed by atoms with E-state index in [9.17, 15) is 8.42 Å². The Bertz CT molecular complexity index is 817. The highest BCUT2D eigenvalue weighted by Gasteiger charge is 2.28. The maximum absolute atomic E-state index is 13.0. The molecule has 142 valence electrons. The third kappa shape index (κ3) is 3.95. The minimum atomic E-state index is -3.64. The molecule has 3 rings (SSSR count). The fourth-order valence-corrected chi connectivity index (χ4v) is 5.14. The molecular formula is C19H26N2O4S. The van der Waals surface area contributed by atoms with Crippen LogP contribution in [0, 0.1) is 13.8 Å². The normalized spacial score (nSPS) is 16.7. The molecule has 2 aromatic rings. The van der Waals surface area contributed by atoms with Crippen LogP contribution in [-0.2, 0) is 10.0 Å². The lowest BCUT2D eigenvalue weighted by atomic mass is 10.1. The van der Waals surface area contributed by atoms with Crippen molar-refractivity contribution in [1.82, 2.24) is 9.62 Å². The second kappa shape index (κ2) is 7.82. The molecule has 0 spiro atoms. The predicted molar refractivity (Wildman–Crippen MR) is 99.9 cm³/mol. The average molecular weight is 378 g/mol. The zero-order valence-electron chi connectivity index (χ0n) is 15.5. The number of hydrogen-bond donors (Lipinski definition) is 1. The SMILES string of the molecule is COc1cc(C)c(S(=O)(=O)NCC(c2ccco2)N2CCCC2)c(C)c1. The number of ether oxygens (including phenoxy) is 1. The molecule has 1 N–H and O–H groups in total. The number of hydrogen-bond acceptors (Lipinski definition) is 5. The number of sulfonamides is 1. The first-order valence-electron chi connectivity index (χ1n) is 8.84. The number of benzene rings is 1. The lowest BCUT2D eigenvalue weighted by Crippen LogP contribution is -2.37. The van der Waals surface area contributed by atoms with Crippen LogP contribution >= 0.6 is 0 Å². The van der Waals surface area contributed by atoms with Gasteiger partial charge in [-0.25, -0.2) is 13.1 Å². The van der Waals surface area contributed by atoms with E-state index in [2.05, 4.69) is 9.62 Å². The van der Waals surface area contributed by atoms with E-state index in [-0.39, 0.29) is 12.6 Å². The van der Waals surface area contributed by atoms with Gasteiger partial charge in [0.1, 0.15) is 11.5 Å². The molecular weight excluding hydrogens is 352 g/mol. The average Bonchev–Trinajstić information content (AvgIpc) is 3.28. The van der Waals surface area contributed by atoms with Gasteiger partial charge >= 0.3 is 0 Å². The van der Waals surface area contributed by atoms with Gasteiger partial charge in [0, 0.05) is 6.54 Å². The minimum absolute atomic E-state index is 0.0962. The van der Waals surface area contributed by atoms with Crippen LogP contribution in [0.2, 0.25) is 0 Å². The van der Waals surface area contributed by atoms with Crippen LogP contribution in [0.5, 0.6) is 5.75 Å². The van der Waals surface area contributed by atoms with Crippen molar-refractivity contribution in [2.75, 3.05) is 26.7 Å². The van der Waals surface area contributed by atoms with Crippen molar-refractivity contribution in [2.45, 2.75) is 37.6 Å². The molecule has 1 atom stereocenters. The van der Waals surface area contributed by atoms with Gasteiger partial charge in [-0.3, -0.25) is 4.90 Å². The van der Waals surface area contributed by atoms with Gasteiger partial charge in [-0.2, -0.15) is 0 Å². The quantitative estimate of drug-likeness (QED) is 0.802. The lowest BCUT2D eigenvalue weighted by Gasteiger charge is -2.26. The van der Waals surface area contributed by atoms with E-state index in [1.54, 1.807) is 39.4 Å². The van der Waals surface area contributed by atoms with Gasteiger partial charge in [-0.15, -0.1) is 0 Å². The Hall–Kier alpha value is -1.83. The van der Waals surface area contributed by atoms with Crippen molar-refractivity contribution < 1.29 is 17.6 Å². The van der Waals surface area contributed by atoms with Gasteiger partial charge < -0.3 is 9.15 Å². The van der Waals surface area contributed by atoms with Gasteiger partial charge in [0.25, 0.3) is 0 Å². The summed E-state index contributed by atoms with van der Waals surface area (Å²) in [6.07, 6.45) is 3.88. The van der Waals surface area contributed by atoms with E-state index >= 15 is 0 Å². The van der Waals surface area contributed by atoms with Crippen molar-refractivity contribution in [1.29, 1.82) is 0 Å². The highest BCUT2D eigenvalue weighted by atomic mass is 32.2. The predicted octanol–water partition coefficient (Wildman–Crippen LogP) is 3.02. The van der Waals surface area contributed by atoms with Crippen LogP contribution in [0.25, 0.3) is 0 Å². The number of nitrogens with one attached hydrogen (secondary N) is 1. The monoisotopic (exact) mass is 378 g/mol. The first kappa shape index (κ1) is 18.9. The maximum atomic E-state index is 13.0. The summed E-state index contributed by atoms with van der Waals surface area (Å²) in [7, 11) is -2.06. The molecule has 7 heteroatoms. The zero-order valence-corrected chi connectivity index (χ0v) is 16.3. The Labute approximate surface area is 155 Å². The second-order valence-electron chi connectivity index (χ2n) is 6.72. The molecule has 0 amide bonds. The van der Waals surface area contributed by atoms with Crippen molar-refractivity contribution in [3.63, 3.8) is 0 Å². The first-order valence-corrected chi connectivity index (χ1v) is 10.3. The maximum Gasteiger partial charge on any atom is 0.241 e. The molecule has 1 fully saturated rings. The number of likely N-dealkylation sites (tertiary alicyclic amines) is 1. The van der Waals surface area contributed by atoms with Crippen molar-refractivity contribution in [3.05, 3.63) is 47.4 Å². The van der Waals surface area contributed by atoms with Gasteiger partial charge in [0.2, 0.25) is 10.0 Å². The van der Waals surface area contributed by atoms with E-state index in [1.165, 1.54) is 0 Å². The van der Waals surface area contributed by atoms with Gasteiger partial charge in [-0.05, 0) is 75.2 Å². The lowest BCUT2D eigenvalue weighted by molar-refractivity contribution is 0.216. The Balaban J connectivity index is 1.82. The number of furan rings is 1. The molecule has 0 bridgehead atoms. The van der Waals surface area contributed by atoms with Gasteiger partial charge in [0.15, 0.2) is 0 Å². The van der Waals surface area contributed by atoms with E-state index in [1.807, 2.05) is 12.1 Å². The van der Waals surface area contributed by atoms with Crippen LogP contribution in [-0.4, -0.2) is 40.1 Å². The fraction of sp³-hybridized carbons (Fsp3) is 0.474. The van der Waals surface area contributed by atoms with Crippen LogP contribution < -0.4 is 9.46 Å². The zero-order chi connectivity index (χ0) is 18.7. The minimum Gasteiger partial charge on any atom is -0.497 e. The van der Waals surface area contributed by atoms with Crippen molar-refractivity contribution in [2.24, 2.45) is 0 Å². The number of rotatable bonds is 7. The summed E-state index contributed by atoms with van der Waals surface area (Å²) < 4.78 is 39.5. The molecule has 0 saturated carbocycles. The Morgan fingerprint density at radius 2 is 1.88 bits per heavy atom. The highest BCUT2D eigenvalue weighted by molar-refractivity contribution is 7.89. The molecule has 0 aliphatic carbocycles. The summed E-state index contributed by atoms with van der Waals surface area (Å²) >= 11 is 0. The molecule has 26 heavy (non-hydrogen) atoms. The molecule has 0 radical (unpaired) electrons. The third-order valence-electron chi connectivity index (χ3n) is 4.86. The van der Waals surface area contributed by atoms with E-state index < -0.39 is 10.0 Å². The van der Waals surface area contributed by atoms with E-state index in [0.717, 1.165) is 31.7 Å². The summed E-state index contributed by atoms with van der Waals surface area (Å²) in [5, 5.41) is 0. The van der Waals surface area contributed by atoms with E-state index in [4.69, 9.17) is 9.15 Å². The molecule has 1 unspecified atom stereocenters. The summed E-state index contributed by atoms with van der Waals surface area (Å²) in [4.78, 5) is 2.59. The highest BCUT2D eigenvalue weighted by Crippen LogP contribution is 2.28. The van der Waals surface area contributed by atoms with Crippen molar-refractivity contribution >= 4 is 10.0 Å². The Kier molecular flexibility index (Phi) is 5.70. The number of methoxy groups -OCH3 is 1. The molecule has 1 aromatic heterocycles. The van der Waals surface area contributed by atoms with E-state index in [0.29, 0.717) is 21.8 Å². The van der Waals surface area contributed by atoms with Gasteiger partial charge in [0.05, 0.1) is 24.3 Å². The van der Waals surface area contributed by atoms with Crippen molar-refractivity contribution in [3.8, 4) is 5.75 Å². The second-order valence-corrected chi connectivity index (χ2v) is 8.42. The van der Waals surface area contributed by atoms with Crippen LogP contribution in [0.4, 0.5) is 0 Å². The van der Waals surface area contributed by atoms with Crippen LogP contribution in [0.15, 0.2) is 39.8 Å². The standard InChI is InChI=1S/C19H26N2O4S/c1-14-11-16(24-3)12-15(2)19(14)26(22,23)20-13-17(18-7-6-10-25-18)21-8-4-5-9-21/h6-7,10-12,17,20H,4-5,8-9,13H2,1-3H3. The first-order chi connectivity index (χ1) is 12.4. The summed E-state index contributed by atoms with van der Waals surface area (Å²) in [5.74, 6) is 1.45. The van der Waals surface area contributed by atoms with Crippen LogP contribution in [0.3, 0.4) is 0 Å². The number of nitrogens with zero attached hydrogens (tertiary/aromatic N) is 1. The molecule has 1 saturated heterocycles. The molecule has 1 aliphatic heterocycles. The Morgan fingerprint density at radius 1 is 1.23 bits per heavy atom. The molecule has 1 aliphatic rings. The smallest absolute Gasteiger partial charge is 0.241 e. The summed E-state index contributed by atoms with van der Waals surface area (Å²) in [5.41, 5.74) is 1.34. The largest absolute Gasteiger partial charge is 0.497 e. The fourth-order valence-electron chi connectivity index (χ4n) is 3.66. The third-order valence-corrected chi connectivity index (χ3v) is 6.59. The molecule has 6 nitrogen and oxygen atoms in total.